The largest absolute Gasteiger partial charge is 0.379 e. The molecular formula is C11H11ClN2S. The van der Waals surface area contributed by atoms with Gasteiger partial charge in [-0.3, -0.25) is 0 Å². The zero-order valence-corrected chi connectivity index (χ0v) is 9.90. The van der Waals surface area contributed by atoms with E-state index in [1.807, 2.05) is 37.4 Å². The van der Waals surface area contributed by atoms with Crippen LogP contribution in [0.5, 0.6) is 0 Å². The van der Waals surface area contributed by atoms with Gasteiger partial charge < -0.3 is 5.32 Å². The third-order valence-electron chi connectivity index (χ3n) is 2.00. The third kappa shape index (κ3) is 2.70. The molecule has 0 fully saturated rings. The Morgan fingerprint density at radius 1 is 1.40 bits per heavy atom. The van der Waals surface area contributed by atoms with Gasteiger partial charge in [-0.15, -0.1) is 11.3 Å². The van der Waals surface area contributed by atoms with Crippen LogP contribution in [0.1, 0.15) is 9.88 Å². The number of anilines is 1. The van der Waals surface area contributed by atoms with Crippen molar-refractivity contribution < 1.29 is 0 Å². The van der Waals surface area contributed by atoms with Gasteiger partial charge in [0.05, 0.1) is 22.3 Å². The average Bonchev–Trinajstić information content (AvgIpc) is 2.63. The summed E-state index contributed by atoms with van der Waals surface area (Å²) in [6, 6.07) is 7.73. The summed E-state index contributed by atoms with van der Waals surface area (Å²) in [5.41, 5.74) is 0.963. The molecule has 78 valence electrons. The Kier molecular flexibility index (Phi) is 3.23. The van der Waals surface area contributed by atoms with Gasteiger partial charge >= 0.3 is 0 Å². The van der Waals surface area contributed by atoms with Crippen molar-refractivity contribution in [3.63, 3.8) is 0 Å². The first-order chi connectivity index (χ1) is 7.25. The average molecular weight is 239 g/mol. The predicted octanol–water partition coefficient (Wildman–Crippen LogP) is 3.72. The number of aryl methyl sites for hydroxylation is 1. The second kappa shape index (κ2) is 4.64. The minimum Gasteiger partial charge on any atom is -0.379 e. The highest BCUT2D eigenvalue weighted by molar-refractivity contribution is 7.11. The van der Waals surface area contributed by atoms with E-state index >= 15 is 0 Å². The lowest BCUT2D eigenvalue weighted by Crippen LogP contribution is -1.97. The van der Waals surface area contributed by atoms with Crippen molar-refractivity contribution in [1.29, 1.82) is 0 Å². The summed E-state index contributed by atoms with van der Waals surface area (Å²) < 4.78 is 0. The van der Waals surface area contributed by atoms with Crippen LogP contribution in [0.15, 0.2) is 30.5 Å². The van der Waals surface area contributed by atoms with Crippen molar-refractivity contribution in [3.05, 3.63) is 45.4 Å². The van der Waals surface area contributed by atoms with Crippen molar-refractivity contribution >= 4 is 28.6 Å². The van der Waals surface area contributed by atoms with Crippen LogP contribution < -0.4 is 5.32 Å². The number of rotatable bonds is 3. The molecule has 0 atom stereocenters. The summed E-state index contributed by atoms with van der Waals surface area (Å²) in [5, 5.41) is 5.12. The molecule has 0 aliphatic heterocycles. The lowest BCUT2D eigenvalue weighted by molar-refractivity contribution is 1.17. The van der Waals surface area contributed by atoms with Crippen LogP contribution in [0.2, 0.25) is 5.02 Å². The van der Waals surface area contributed by atoms with E-state index in [2.05, 4.69) is 10.3 Å². The fraction of sp³-hybridized carbons (Fsp3) is 0.182. The van der Waals surface area contributed by atoms with Crippen molar-refractivity contribution in [1.82, 2.24) is 4.98 Å². The van der Waals surface area contributed by atoms with E-state index in [-0.39, 0.29) is 0 Å². The van der Waals surface area contributed by atoms with E-state index in [9.17, 15) is 0 Å². The van der Waals surface area contributed by atoms with Crippen molar-refractivity contribution in [2.75, 3.05) is 5.32 Å². The van der Waals surface area contributed by atoms with Gasteiger partial charge in [-0.25, -0.2) is 4.98 Å². The highest BCUT2D eigenvalue weighted by atomic mass is 35.5. The highest BCUT2D eigenvalue weighted by Gasteiger charge is 2.00. The molecule has 0 saturated carbocycles. The standard InChI is InChI=1S/C11H11ClN2S/c1-8-13-6-9(15-8)7-14-11-5-3-2-4-10(11)12/h2-6,14H,7H2,1H3. The Hall–Kier alpha value is -1.06. The molecule has 2 nitrogen and oxygen atoms in total. The third-order valence-corrected chi connectivity index (χ3v) is 3.24. The molecule has 0 unspecified atom stereocenters. The summed E-state index contributed by atoms with van der Waals surface area (Å²) in [6.45, 7) is 2.78. The fourth-order valence-electron chi connectivity index (χ4n) is 1.27. The Balaban J connectivity index is 2.02. The monoisotopic (exact) mass is 238 g/mol. The van der Waals surface area contributed by atoms with Crippen molar-refractivity contribution in [3.8, 4) is 0 Å². The van der Waals surface area contributed by atoms with Crippen LogP contribution in [-0.2, 0) is 6.54 Å². The van der Waals surface area contributed by atoms with Gasteiger partial charge in [-0.05, 0) is 19.1 Å². The maximum Gasteiger partial charge on any atom is 0.0897 e. The lowest BCUT2D eigenvalue weighted by Gasteiger charge is -2.05. The molecule has 1 heterocycles. The van der Waals surface area contributed by atoms with E-state index in [0.29, 0.717) is 0 Å². The quantitative estimate of drug-likeness (QED) is 0.882. The smallest absolute Gasteiger partial charge is 0.0897 e. The van der Waals surface area contributed by atoms with Gasteiger partial charge in [0.15, 0.2) is 0 Å². The topological polar surface area (TPSA) is 24.9 Å². The molecule has 1 aromatic heterocycles. The van der Waals surface area contributed by atoms with Crippen LogP contribution in [0.25, 0.3) is 0 Å². The predicted molar refractivity (Wildman–Crippen MR) is 65.6 cm³/mol. The minimum absolute atomic E-state index is 0.749. The molecule has 0 aliphatic rings. The van der Waals surface area contributed by atoms with Crippen LogP contribution in [0, 0.1) is 6.92 Å². The minimum atomic E-state index is 0.749. The molecule has 0 spiro atoms. The molecular weight excluding hydrogens is 228 g/mol. The first-order valence-corrected chi connectivity index (χ1v) is 5.85. The first kappa shape index (κ1) is 10.5. The summed E-state index contributed by atoms with van der Waals surface area (Å²) >= 11 is 7.72. The van der Waals surface area contributed by atoms with E-state index < -0.39 is 0 Å². The lowest BCUT2D eigenvalue weighted by atomic mass is 10.3. The molecule has 2 rings (SSSR count). The Morgan fingerprint density at radius 3 is 2.87 bits per heavy atom. The molecule has 0 aliphatic carbocycles. The second-order valence-electron chi connectivity index (χ2n) is 3.18. The normalized spacial score (nSPS) is 10.3. The number of benzene rings is 1. The summed E-state index contributed by atoms with van der Waals surface area (Å²) in [4.78, 5) is 5.41. The number of hydrogen-bond donors (Lipinski definition) is 1. The van der Waals surface area contributed by atoms with Gasteiger partial charge in [0, 0.05) is 11.1 Å². The van der Waals surface area contributed by atoms with Crippen LogP contribution in [-0.4, -0.2) is 4.98 Å². The zero-order chi connectivity index (χ0) is 10.7. The van der Waals surface area contributed by atoms with Gasteiger partial charge in [-0.1, -0.05) is 23.7 Å². The van der Waals surface area contributed by atoms with Crippen LogP contribution >= 0.6 is 22.9 Å². The van der Waals surface area contributed by atoms with Gasteiger partial charge in [-0.2, -0.15) is 0 Å². The molecule has 2 aromatic rings. The number of hydrogen-bond acceptors (Lipinski definition) is 3. The Labute approximate surface area is 97.9 Å². The van der Waals surface area contributed by atoms with Gasteiger partial charge in [0.2, 0.25) is 0 Å². The van der Waals surface area contributed by atoms with E-state index in [4.69, 9.17) is 11.6 Å². The number of aromatic nitrogens is 1. The van der Waals surface area contributed by atoms with Crippen LogP contribution in [0.3, 0.4) is 0 Å². The molecule has 0 saturated heterocycles. The van der Waals surface area contributed by atoms with Gasteiger partial charge in [0.25, 0.3) is 0 Å². The molecule has 4 heteroatoms. The molecule has 15 heavy (non-hydrogen) atoms. The fourth-order valence-corrected chi connectivity index (χ4v) is 2.21. The number of nitrogens with one attached hydrogen (secondary N) is 1. The summed E-state index contributed by atoms with van der Waals surface area (Å²) in [5.74, 6) is 0. The second-order valence-corrected chi connectivity index (χ2v) is 4.91. The van der Waals surface area contributed by atoms with Gasteiger partial charge in [0.1, 0.15) is 0 Å². The number of nitrogens with zero attached hydrogens (tertiary/aromatic N) is 1. The summed E-state index contributed by atoms with van der Waals surface area (Å²) in [7, 11) is 0. The number of thiazole rings is 1. The van der Waals surface area contributed by atoms with Crippen LogP contribution in [0.4, 0.5) is 5.69 Å². The molecule has 0 amide bonds. The highest BCUT2D eigenvalue weighted by Crippen LogP contribution is 2.22. The maximum absolute atomic E-state index is 6.02. The maximum atomic E-state index is 6.02. The zero-order valence-electron chi connectivity index (χ0n) is 8.33. The Morgan fingerprint density at radius 2 is 2.20 bits per heavy atom. The van der Waals surface area contributed by atoms with Crippen molar-refractivity contribution in [2.45, 2.75) is 13.5 Å². The Bertz CT molecular complexity index is 453. The van der Waals surface area contributed by atoms with Crippen molar-refractivity contribution in [2.24, 2.45) is 0 Å². The van der Waals surface area contributed by atoms with E-state index in [0.717, 1.165) is 22.3 Å². The molecule has 1 aromatic carbocycles. The number of para-hydroxylation sites is 1. The molecule has 1 N–H and O–H groups in total. The van der Waals surface area contributed by atoms with E-state index in [1.165, 1.54) is 4.88 Å². The van der Waals surface area contributed by atoms with E-state index in [1.54, 1.807) is 11.3 Å². The first-order valence-electron chi connectivity index (χ1n) is 4.65. The number of halogens is 1. The SMILES string of the molecule is Cc1ncc(CNc2ccccc2Cl)s1. The molecule has 0 radical (unpaired) electrons. The molecule has 0 bridgehead atoms. The summed E-state index contributed by atoms with van der Waals surface area (Å²) in [6.07, 6.45) is 1.89.